The fourth-order valence-corrected chi connectivity index (χ4v) is 2.62. The van der Waals surface area contributed by atoms with Crippen molar-refractivity contribution in [3.8, 4) is 0 Å². The molecule has 0 aliphatic rings. The second-order valence-electron chi connectivity index (χ2n) is 5.31. The number of rotatable bonds is 5. The van der Waals surface area contributed by atoms with E-state index >= 15 is 0 Å². The van der Waals surface area contributed by atoms with Crippen molar-refractivity contribution in [3.63, 3.8) is 0 Å². The van der Waals surface area contributed by atoms with Crippen LogP contribution >= 0.6 is 11.8 Å². The molecule has 0 saturated heterocycles. The number of H-pyrrole nitrogens is 1. The standard InChI is InChI=1S/C16H19N3O2S/c1-10(2)12-4-6-13(7-5-12)18-15(21)9-22-16-17-11(3)8-14(20)19-16/h4-8,10H,9H2,1-3H3,(H,18,21)(H,17,19,20). The highest BCUT2D eigenvalue weighted by atomic mass is 32.2. The maximum atomic E-state index is 11.9. The van der Waals surface area contributed by atoms with Crippen molar-refractivity contribution in [2.24, 2.45) is 0 Å². The van der Waals surface area contributed by atoms with Gasteiger partial charge in [0.05, 0.1) is 5.75 Å². The van der Waals surface area contributed by atoms with Gasteiger partial charge in [0.2, 0.25) is 5.91 Å². The molecule has 0 bridgehead atoms. The lowest BCUT2D eigenvalue weighted by Gasteiger charge is -2.08. The first-order valence-corrected chi connectivity index (χ1v) is 8.03. The van der Waals surface area contributed by atoms with Gasteiger partial charge in [-0.1, -0.05) is 37.7 Å². The van der Waals surface area contributed by atoms with E-state index in [2.05, 4.69) is 29.1 Å². The Labute approximate surface area is 133 Å². The van der Waals surface area contributed by atoms with E-state index in [1.54, 1.807) is 6.92 Å². The van der Waals surface area contributed by atoms with Crippen molar-refractivity contribution < 1.29 is 4.79 Å². The van der Waals surface area contributed by atoms with Gasteiger partial charge in [-0.15, -0.1) is 0 Å². The smallest absolute Gasteiger partial charge is 0.251 e. The minimum atomic E-state index is -0.209. The van der Waals surface area contributed by atoms with Gasteiger partial charge in [-0.3, -0.25) is 9.59 Å². The molecule has 2 rings (SSSR count). The van der Waals surface area contributed by atoms with Gasteiger partial charge in [0.25, 0.3) is 5.56 Å². The molecule has 0 unspecified atom stereocenters. The molecule has 1 aromatic heterocycles. The molecule has 0 aliphatic carbocycles. The van der Waals surface area contributed by atoms with Gasteiger partial charge >= 0.3 is 0 Å². The molecule has 0 atom stereocenters. The summed E-state index contributed by atoms with van der Waals surface area (Å²) in [4.78, 5) is 30.0. The summed E-state index contributed by atoms with van der Waals surface area (Å²) < 4.78 is 0. The minimum Gasteiger partial charge on any atom is -0.325 e. The van der Waals surface area contributed by atoms with Crippen LogP contribution in [-0.2, 0) is 4.79 Å². The lowest BCUT2D eigenvalue weighted by molar-refractivity contribution is -0.113. The molecule has 1 amide bonds. The molecule has 2 N–H and O–H groups in total. The molecule has 0 spiro atoms. The van der Waals surface area contributed by atoms with Crippen LogP contribution < -0.4 is 10.9 Å². The number of carbonyl (C=O) groups excluding carboxylic acids is 1. The van der Waals surface area contributed by atoms with E-state index < -0.39 is 0 Å². The van der Waals surface area contributed by atoms with Crippen molar-refractivity contribution in [3.05, 3.63) is 51.9 Å². The second-order valence-corrected chi connectivity index (χ2v) is 6.27. The Hall–Kier alpha value is -2.08. The third kappa shape index (κ3) is 4.73. The Kier molecular flexibility index (Phi) is 5.38. The number of anilines is 1. The van der Waals surface area contributed by atoms with E-state index in [9.17, 15) is 9.59 Å². The SMILES string of the molecule is Cc1cc(=O)[nH]c(SCC(=O)Nc2ccc(C(C)C)cc2)n1. The van der Waals surface area contributed by atoms with Gasteiger partial charge in [-0.25, -0.2) is 4.98 Å². The van der Waals surface area contributed by atoms with E-state index in [0.29, 0.717) is 16.8 Å². The lowest BCUT2D eigenvalue weighted by Crippen LogP contribution is -2.15. The van der Waals surface area contributed by atoms with Gasteiger partial charge < -0.3 is 10.3 Å². The Morgan fingerprint density at radius 2 is 2.00 bits per heavy atom. The maximum Gasteiger partial charge on any atom is 0.251 e. The average Bonchev–Trinajstić information content (AvgIpc) is 2.45. The van der Waals surface area contributed by atoms with E-state index in [1.807, 2.05) is 24.3 Å². The zero-order valence-electron chi connectivity index (χ0n) is 12.8. The first kappa shape index (κ1) is 16.3. The Morgan fingerprint density at radius 3 is 2.59 bits per heavy atom. The number of amides is 1. The molecular weight excluding hydrogens is 298 g/mol. The summed E-state index contributed by atoms with van der Waals surface area (Å²) >= 11 is 1.21. The molecule has 116 valence electrons. The fourth-order valence-electron chi connectivity index (χ4n) is 1.90. The maximum absolute atomic E-state index is 11.9. The number of nitrogens with zero attached hydrogens (tertiary/aromatic N) is 1. The van der Waals surface area contributed by atoms with E-state index in [1.165, 1.54) is 23.4 Å². The van der Waals surface area contributed by atoms with E-state index in [-0.39, 0.29) is 17.2 Å². The molecule has 0 radical (unpaired) electrons. The fraction of sp³-hybridized carbons (Fsp3) is 0.312. The summed E-state index contributed by atoms with van der Waals surface area (Å²) in [6.07, 6.45) is 0. The van der Waals surface area contributed by atoms with Crippen LogP contribution in [0.25, 0.3) is 0 Å². The highest BCUT2D eigenvalue weighted by Crippen LogP contribution is 2.18. The highest BCUT2D eigenvalue weighted by molar-refractivity contribution is 7.99. The zero-order chi connectivity index (χ0) is 16.1. The lowest BCUT2D eigenvalue weighted by atomic mass is 10.0. The number of hydrogen-bond donors (Lipinski definition) is 2. The topological polar surface area (TPSA) is 74.8 Å². The second kappa shape index (κ2) is 7.26. The number of carbonyl (C=O) groups is 1. The summed E-state index contributed by atoms with van der Waals surface area (Å²) in [5.74, 6) is 0.522. The number of hydrogen-bond acceptors (Lipinski definition) is 4. The van der Waals surface area contributed by atoms with Gasteiger partial charge in [0.1, 0.15) is 0 Å². The molecule has 5 nitrogen and oxygen atoms in total. The third-order valence-corrected chi connectivity index (χ3v) is 3.92. The Bertz CT molecular complexity index is 708. The quantitative estimate of drug-likeness (QED) is 0.657. The zero-order valence-corrected chi connectivity index (χ0v) is 13.7. The number of thioether (sulfide) groups is 1. The van der Waals surface area contributed by atoms with Crippen LogP contribution in [0.3, 0.4) is 0 Å². The number of aryl methyl sites for hydroxylation is 1. The molecular formula is C16H19N3O2S. The van der Waals surface area contributed by atoms with Gasteiger partial charge in [-0.05, 0) is 30.5 Å². The van der Waals surface area contributed by atoms with Gasteiger partial charge in [0.15, 0.2) is 5.16 Å². The number of aromatic amines is 1. The summed E-state index contributed by atoms with van der Waals surface area (Å²) in [6, 6.07) is 9.22. The van der Waals surface area contributed by atoms with Crippen molar-refractivity contribution in [2.45, 2.75) is 31.8 Å². The van der Waals surface area contributed by atoms with Crippen LogP contribution in [-0.4, -0.2) is 21.6 Å². The summed E-state index contributed by atoms with van der Waals surface area (Å²) in [6.45, 7) is 6.00. The Balaban J connectivity index is 1.91. The van der Waals surface area contributed by atoms with Crippen molar-refractivity contribution in [1.29, 1.82) is 0 Å². The molecule has 6 heteroatoms. The Morgan fingerprint density at radius 1 is 1.32 bits per heavy atom. The molecule has 2 aromatic rings. The highest BCUT2D eigenvalue weighted by Gasteiger charge is 2.06. The van der Waals surface area contributed by atoms with E-state index in [4.69, 9.17) is 0 Å². The number of aromatic nitrogens is 2. The third-order valence-electron chi connectivity index (χ3n) is 3.05. The van der Waals surface area contributed by atoms with Crippen LogP contribution in [0.1, 0.15) is 31.0 Å². The predicted molar refractivity (Wildman–Crippen MR) is 89.5 cm³/mol. The van der Waals surface area contributed by atoms with Gasteiger partial charge in [-0.2, -0.15) is 0 Å². The van der Waals surface area contributed by atoms with Crippen molar-refractivity contribution in [1.82, 2.24) is 9.97 Å². The normalized spacial score (nSPS) is 10.7. The van der Waals surface area contributed by atoms with Crippen molar-refractivity contribution >= 4 is 23.4 Å². The van der Waals surface area contributed by atoms with Crippen molar-refractivity contribution in [2.75, 3.05) is 11.1 Å². The van der Waals surface area contributed by atoms with Crippen LogP contribution in [0.5, 0.6) is 0 Å². The molecule has 1 aromatic carbocycles. The molecule has 0 fully saturated rings. The summed E-state index contributed by atoms with van der Waals surface area (Å²) in [7, 11) is 0. The minimum absolute atomic E-state index is 0.133. The molecule has 0 aliphatic heterocycles. The van der Waals surface area contributed by atoms with Gasteiger partial charge in [0, 0.05) is 17.4 Å². The molecule has 1 heterocycles. The average molecular weight is 317 g/mol. The van der Waals surface area contributed by atoms with Crippen LogP contribution in [0.4, 0.5) is 5.69 Å². The first-order valence-electron chi connectivity index (χ1n) is 7.04. The summed E-state index contributed by atoms with van der Waals surface area (Å²) in [5.41, 5.74) is 2.42. The van der Waals surface area contributed by atoms with E-state index in [0.717, 1.165) is 5.69 Å². The van der Waals surface area contributed by atoms with Crippen LogP contribution in [0.2, 0.25) is 0 Å². The van der Waals surface area contributed by atoms with Crippen LogP contribution in [0.15, 0.2) is 40.3 Å². The monoisotopic (exact) mass is 317 g/mol. The molecule has 0 saturated carbocycles. The largest absolute Gasteiger partial charge is 0.325 e. The predicted octanol–water partition coefficient (Wildman–Crippen LogP) is 2.93. The first-order chi connectivity index (χ1) is 10.4. The summed E-state index contributed by atoms with van der Waals surface area (Å²) in [5, 5.41) is 3.28. The molecule has 22 heavy (non-hydrogen) atoms. The number of nitrogens with one attached hydrogen (secondary N) is 2. The van der Waals surface area contributed by atoms with Crippen LogP contribution in [0, 0.1) is 6.92 Å². The number of benzene rings is 1.